The zero-order valence-corrected chi connectivity index (χ0v) is 12.6. The van der Waals surface area contributed by atoms with Crippen LogP contribution < -0.4 is 0 Å². The summed E-state index contributed by atoms with van der Waals surface area (Å²) in [5.74, 6) is -0.735. The van der Waals surface area contributed by atoms with Crippen molar-refractivity contribution < 1.29 is 9.90 Å². The van der Waals surface area contributed by atoms with Crippen LogP contribution in [0.1, 0.15) is 12.5 Å². The van der Waals surface area contributed by atoms with Gasteiger partial charge in [0.1, 0.15) is 6.04 Å². The second-order valence-corrected chi connectivity index (χ2v) is 5.87. The summed E-state index contributed by atoms with van der Waals surface area (Å²) >= 11 is 3.43. The molecule has 0 aromatic heterocycles. The van der Waals surface area contributed by atoms with Gasteiger partial charge < -0.3 is 5.11 Å². The van der Waals surface area contributed by atoms with Crippen LogP contribution in [-0.2, 0) is 11.3 Å². The molecule has 19 heavy (non-hydrogen) atoms. The minimum absolute atomic E-state index is 0.380. The topological polar surface area (TPSA) is 43.8 Å². The molecule has 0 saturated carbocycles. The van der Waals surface area contributed by atoms with E-state index >= 15 is 0 Å². The molecule has 1 aromatic carbocycles. The summed E-state index contributed by atoms with van der Waals surface area (Å²) in [4.78, 5) is 15.3. The molecule has 0 radical (unpaired) electrons. The Kier molecular flexibility index (Phi) is 4.96. The summed E-state index contributed by atoms with van der Waals surface area (Å²) in [6, 6.07) is 7.97. The highest BCUT2D eigenvalue weighted by atomic mass is 79.9. The lowest BCUT2D eigenvalue weighted by Crippen LogP contribution is -2.51. The van der Waals surface area contributed by atoms with Gasteiger partial charge >= 0.3 is 5.97 Å². The molecular weight excluding hydrogens is 308 g/mol. The van der Waals surface area contributed by atoms with Crippen LogP contribution in [0.25, 0.3) is 0 Å². The van der Waals surface area contributed by atoms with E-state index in [1.165, 1.54) is 5.56 Å². The molecule has 2 rings (SSSR count). The van der Waals surface area contributed by atoms with Crippen LogP contribution in [0, 0.1) is 0 Å². The van der Waals surface area contributed by atoms with Gasteiger partial charge in [-0.1, -0.05) is 28.1 Å². The Bertz CT molecular complexity index is 428. The molecule has 1 atom stereocenters. The molecule has 4 nitrogen and oxygen atoms in total. The van der Waals surface area contributed by atoms with Gasteiger partial charge in [0.2, 0.25) is 0 Å². The number of halogens is 1. The minimum atomic E-state index is -0.735. The first-order chi connectivity index (χ1) is 9.06. The van der Waals surface area contributed by atoms with Gasteiger partial charge in [-0.2, -0.15) is 0 Å². The van der Waals surface area contributed by atoms with Crippen molar-refractivity contribution in [1.82, 2.24) is 9.80 Å². The summed E-state index contributed by atoms with van der Waals surface area (Å²) in [5, 5.41) is 9.00. The van der Waals surface area contributed by atoms with Gasteiger partial charge in [0, 0.05) is 37.2 Å². The summed E-state index contributed by atoms with van der Waals surface area (Å²) in [6.45, 7) is 6.19. The smallest absolute Gasteiger partial charge is 0.320 e. The summed E-state index contributed by atoms with van der Waals surface area (Å²) in [5.41, 5.74) is 1.29. The molecule has 1 N–H and O–H groups in total. The van der Waals surface area contributed by atoms with E-state index in [1.807, 2.05) is 4.90 Å². The average Bonchev–Trinajstić information content (AvgIpc) is 2.41. The van der Waals surface area contributed by atoms with Crippen molar-refractivity contribution >= 4 is 21.9 Å². The van der Waals surface area contributed by atoms with Crippen molar-refractivity contribution in [2.45, 2.75) is 19.5 Å². The van der Waals surface area contributed by atoms with E-state index in [0.717, 1.165) is 37.2 Å². The molecule has 1 aliphatic rings. The highest BCUT2D eigenvalue weighted by molar-refractivity contribution is 9.10. The van der Waals surface area contributed by atoms with E-state index in [2.05, 4.69) is 45.1 Å². The number of rotatable bonds is 4. The first-order valence-corrected chi connectivity index (χ1v) is 7.29. The lowest BCUT2D eigenvalue weighted by molar-refractivity contribution is -0.143. The number of carboxylic acids is 1. The van der Waals surface area contributed by atoms with Crippen molar-refractivity contribution in [1.29, 1.82) is 0 Å². The minimum Gasteiger partial charge on any atom is -0.480 e. The van der Waals surface area contributed by atoms with Crippen LogP contribution in [0.2, 0.25) is 0 Å². The van der Waals surface area contributed by atoms with Crippen LogP contribution in [0.5, 0.6) is 0 Å². The van der Waals surface area contributed by atoms with Gasteiger partial charge in [-0.25, -0.2) is 0 Å². The molecule has 1 unspecified atom stereocenters. The fourth-order valence-corrected chi connectivity index (χ4v) is 2.58. The Hall–Kier alpha value is -0.910. The van der Waals surface area contributed by atoms with E-state index in [4.69, 9.17) is 5.11 Å². The molecule has 0 bridgehead atoms. The highest BCUT2D eigenvalue weighted by Gasteiger charge is 2.24. The number of carbonyl (C=O) groups is 1. The first kappa shape index (κ1) is 14.5. The van der Waals surface area contributed by atoms with Crippen LogP contribution in [0.15, 0.2) is 28.7 Å². The maximum atomic E-state index is 10.9. The number of hydrogen-bond donors (Lipinski definition) is 1. The zero-order valence-electron chi connectivity index (χ0n) is 11.1. The molecule has 1 fully saturated rings. The van der Waals surface area contributed by atoms with Crippen molar-refractivity contribution in [3.63, 3.8) is 0 Å². The zero-order chi connectivity index (χ0) is 13.8. The monoisotopic (exact) mass is 326 g/mol. The van der Waals surface area contributed by atoms with Crippen molar-refractivity contribution in [3.8, 4) is 0 Å². The van der Waals surface area contributed by atoms with Gasteiger partial charge in [-0.15, -0.1) is 0 Å². The normalized spacial score (nSPS) is 19.3. The molecule has 1 aliphatic heterocycles. The maximum Gasteiger partial charge on any atom is 0.320 e. The Balaban J connectivity index is 1.83. The molecule has 0 spiro atoms. The Morgan fingerprint density at radius 1 is 1.26 bits per heavy atom. The van der Waals surface area contributed by atoms with Gasteiger partial charge in [0.25, 0.3) is 0 Å². The van der Waals surface area contributed by atoms with Crippen LogP contribution in [0.4, 0.5) is 0 Å². The number of nitrogens with zero attached hydrogens (tertiary/aromatic N) is 2. The molecule has 104 valence electrons. The Morgan fingerprint density at radius 3 is 2.37 bits per heavy atom. The van der Waals surface area contributed by atoms with Gasteiger partial charge in [-0.05, 0) is 24.6 Å². The van der Waals surface area contributed by atoms with Gasteiger partial charge in [0.05, 0.1) is 0 Å². The summed E-state index contributed by atoms with van der Waals surface area (Å²) in [6.07, 6.45) is 0. The lowest BCUT2D eigenvalue weighted by atomic mass is 10.2. The number of aliphatic carboxylic acids is 1. The van der Waals surface area contributed by atoms with E-state index < -0.39 is 5.97 Å². The number of benzene rings is 1. The van der Waals surface area contributed by atoms with E-state index in [9.17, 15) is 4.79 Å². The molecule has 1 aromatic rings. The van der Waals surface area contributed by atoms with Crippen molar-refractivity contribution in [2.24, 2.45) is 0 Å². The molecule has 1 saturated heterocycles. The lowest BCUT2D eigenvalue weighted by Gasteiger charge is -2.36. The third-order valence-electron chi connectivity index (χ3n) is 3.63. The standard InChI is InChI=1S/C14H19BrN2O2/c1-11(14(18)19)17-8-6-16(7-9-17)10-12-2-4-13(15)5-3-12/h2-5,11H,6-10H2,1H3,(H,18,19). The fourth-order valence-electron chi connectivity index (χ4n) is 2.31. The predicted octanol–water partition coefficient (Wildman–Crippen LogP) is 2.04. The largest absolute Gasteiger partial charge is 0.480 e. The van der Waals surface area contributed by atoms with Crippen LogP contribution in [-0.4, -0.2) is 53.1 Å². The molecular formula is C14H19BrN2O2. The fraction of sp³-hybridized carbons (Fsp3) is 0.500. The predicted molar refractivity (Wildman–Crippen MR) is 78.1 cm³/mol. The quantitative estimate of drug-likeness (QED) is 0.919. The van der Waals surface area contributed by atoms with Gasteiger partial charge in [0.15, 0.2) is 0 Å². The van der Waals surface area contributed by atoms with Crippen molar-refractivity contribution in [2.75, 3.05) is 26.2 Å². The third kappa shape index (κ3) is 4.03. The molecule has 5 heteroatoms. The molecule has 0 amide bonds. The maximum absolute atomic E-state index is 10.9. The Morgan fingerprint density at radius 2 is 1.84 bits per heavy atom. The third-order valence-corrected chi connectivity index (χ3v) is 4.16. The number of piperazine rings is 1. The van der Waals surface area contributed by atoms with Crippen LogP contribution >= 0.6 is 15.9 Å². The van der Waals surface area contributed by atoms with E-state index in [0.29, 0.717) is 0 Å². The van der Waals surface area contributed by atoms with E-state index in [-0.39, 0.29) is 6.04 Å². The first-order valence-electron chi connectivity index (χ1n) is 6.50. The summed E-state index contributed by atoms with van der Waals surface area (Å²) in [7, 11) is 0. The average molecular weight is 327 g/mol. The highest BCUT2D eigenvalue weighted by Crippen LogP contribution is 2.14. The van der Waals surface area contributed by atoms with Crippen molar-refractivity contribution in [3.05, 3.63) is 34.3 Å². The molecule has 1 heterocycles. The summed E-state index contributed by atoms with van der Waals surface area (Å²) < 4.78 is 1.09. The number of hydrogen-bond acceptors (Lipinski definition) is 3. The second-order valence-electron chi connectivity index (χ2n) is 4.95. The van der Waals surface area contributed by atoms with E-state index in [1.54, 1.807) is 6.92 Å². The van der Waals surface area contributed by atoms with Crippen LogP contribution in [0.3, 0.4) is 0 Å². The SMILES string of the molecule is CC(C(=O)O)N1CCN(Cc2ccc(Br)cc2)CC1. The van der Waals surface area contributed by atoms with Gasteiger partial charge in [-0.3, -0.25) is 14.6 Å². The Labute approximate surface area is 122 Å². The molecule has 0 aliphatic carbocycles. The second kappa shape index (κ2) is 6.50. The number of carboxylic acid groups (broad SMARTS) is 1.